The number of hydrogen-bond donors (Lipinski definition) is 1. The van der Waals surface area contributed by atoms with Crippen molar-refractivity contribution >= 4 is 23.5 Å². The summed E-state index contributed by atoms with van der Waals surface area (Å²) in [5.41, 5.74) is 1.86. The molecular formula is C25H20ClN3O4. The van der Waals surface area contributed by atoms with Crippen LogP contribution in [0.15, 0.2) is 89.3 Å². The van der Waals surface area contributed by atoms with Gasteiger partial charge >= 0.3 is 5.97 Å². The molecule has 1 aromatic heterocycles. The highest BCUT2D eigenvalue weighted by Crippen LogP contribution is 2.22. The number of aromatic nitrogens is 2. The van der Waals surface area contributed by atoms with E-state index in [-0.39, 0.29) is 24.8 Å². The maximum Gasteiger partial charge on any atom is 0.308 e. The molecule has 0 spiro atoms. The Morgan fingerprint density at radius 3 is 2.30 bits per heavy atom. The molecule has 4 rings (SSSR count). The number of carbonyl (C=O) groups is 2. The number of esters is 1. The standard InChI is InChI=1S/C25H20ClN3O4/c26-20-14-8-7-13-19(20)24(31)27-21(17-9-3-1-4-10-17)15-23(30)32-16-22-28-29-25(33-22)18-11-5-2-6-12-18/h1-14,21H,15-16H2,(H,27,31). The molecule has 0 saturated carbocycles. The lowest BCUT2D eigenvalue weighted by molar-refractivity contribution is -0.146. The van der Waals surface area contributed by atoms with Gasteiger partial charge in [0.2, 0.25) is 5.89 Å². The van der Waals surface area contributed by atoms with Gasteiger partial charge < -0.3 is 14.5 Å². The Morgan fingerprint density at radius 1 is 0.909 bits per heavy atom. The molecule has 3 aromatic carbocycles. The molecule has 0 radical (unpaired) electrons. The summed E-state index contributed by atoms with van der Waals surface area (Å²) in [6.45, 7) is -0.168. The van der Waals surface area contributed by atoms with E-state index in [4.69, 9.17) is 20.8 Å². The number of carbonyl (C=O) groups excluding carboxylic acids is 2. The van der Waals surface area contributed by atoms with Crippen molar-refractivity contribution in [3.05, 3.63) is 107 Å². The number of nitrogens with one attached hydrogen (secondary N) is 1. The second-order valence-corrected chi connectivity index (χ2v) is 7.56. The minimum absolute atomic E-state index is 0.0834. The molecule has 0 aliphatic heterocycles. The highest BCUT2D eigenvalue weighted by atomic mass is 35.5. The fourth-order valence-corrected chi connectivity index (χ4v) is 3.42. The van der Waals surface area contributed by atoms with Crippen LogP contribution in [0.2, 0.25) is 5.02 Å². The first-order chi connectivity index (χ1) is 16.1. The van der Waals surface area contributed by atoms with Gasteiger partial charge in [-0.2, -0.15) is 0 Å². The topological polar surface area (TPSA) is 94.3 Å². The zero-order valence-corrected chi connectivity index (χ0v) is 18.2. The van der Waals surface area contributed by atoms with Crippen LogP contribution >= 0.6 is 11.6 Å². The normalized spacial score (nSPS) is 11.5. The molecule has 0 aliphatic carbocycles. The van der Waals surface area contributed by atoms with E-state index < -0.39 is 12.0 Å². The summed E-state index contributed by atoms with van der Waals surface area (Å²) < 4.78 is 10.9. The van der Waals surface area contributed by atoms with Crippen molar-refractivity contribution in [2.75, 3.05) is 0 Å². The lowest BCUT2D eigenvalue weighted by atomic mass is 10.0. The van der Waals surface area contributed by atoms with E-state index in [1.165, 1.54) is 0 Å². The smallest absolute Gasteiger partial charge is 0.308 e. The number of nitrogens with zero attached hydrogens (tertiary/aromatic N) is 2. The summed E-state index contributed by atoms with van der Waals surface area (Å²) in [5.74, 6) is -0.385. The maximum absolute atomic E-state index is 12.8. The first kappa shape index (κ1) is 22.2. The predicted molar refractivity (Wildman–Crippen MR) is 122 cm³/mol. The molecule has 0 aliphatic rings. The molecule has 0 fully saturated rings. The number of halogens is 1. The van der Waals surface area contributed by atoms with Gasteiger partial charge in [-0.15, -0.1) is 10.2 Å². The van der Waals surface area contributed by atoms with Crippen LogP contribution in [0.3, 0.4) is 0 Å². The molecular weight excluding hydrogens is 442 g/mol. The van der Waals surface area contributed by atoms with Gasteiger partial charge in [0.15, 0.2) is 6.61 Å². The first-order valence-corrected chi connectivity index (χ1v) is 10.6. The first-order valence-electron chi connectivity index (χ1n) is 10.2. The molecule has 4 aromatic rings. The van der Waals surface area contributed by atoms with Gasteiger partial charge in [-0.25, -0.2) is 0 Å². The average molecular weight is 462 g/mol. The van der Waals surface area contributed by atoms with Crippen LogP contribution in [0.25, 0.3) is 11.5 Å². The van der Waals surface area contributed by atoms with Gasteiger partial charge in [0.1, 0.15) is 0 Å². The summed E-state index contributed by atoms with van der Waals surface area (Å²) in [5, 5.41) is 11.1. The summed E-state index contributed by atoms with van der Waals surface area (Å²) in [7, 11) is 0. The Kier molecular flexibility index (Phi) is 7.12. The van der Waals surface area contributed by atoms with Crippen molar-refractivity contribution < 1.29 is 18.7 Å². The van der Waals surface area contributed by atoms with Gasteiger partial charge in [-0.05, 0) is 29.8 Å². The van der Waals surface area contributed by atoms with Crippen molar-refractivity contribution in [2.24, 2.45) is 0 Å². The fraction of sp³-hybridized carbons (Fsp3) is 0.120. The fourth-order valence-electron chi connectivity index (χ4n) is 3.20. The second-order valence-electron chi connectivity index (χ2n) is 7.15. The van der Waals surface area contributed by atoms with Crippen molar-refractivity contribution in [3.8, 4) is 11.5 Å². The minimum atomic E-state index is -0.606. The van der Waals surface area contributed by atoms with Gasteiger partial charge in [0.25, 0.3) is 11.8 Å². The van der Waals surface area contributed by atoms with E-state index in [1.54, 1.807) is 24.3 Å². The number of hydrogen-bond acceptors (Lipinski definition) is 6. The molecule has 1 unspecified atom stereocenters. The van der Waals surface area contributed by atoms with Crippen molar-refractivity contribution in [3.63, 3.8) is 0 Å². The quantitative estimate of drug-likeness (QED) is 0.371. The van der Waals surface area contributed by atoms with Crippen molar-refractivity contribution in [1.29, 1.82) is 0 Å². The average Bonchev–Trinajstić information content (AvgIpc) is 3.33. The SMILES string of the molecule is O=C(CC(NC(=O)c1ccccc1Cl)c1ccccc1)OCc1nnc(-c2ccccc2)o1. The highest BCUT2D eigenvalue weighted by Gasteiger charge is 2.22. The molecule has 166 valence electrons. The Hall–Kier alpha value is -3.97. The van der Waals surface area contributed by atoms with Crippen LogP contribution in [-0.2, 0) is 16.1 Å². The molecule has 33 heavy (non-hydrogen) atoms. The Bertz CT molecular complexity index is 1230. The van der Waals surface area contributed by atoms with Crippen LogP contribution in [-0.4, -0.2) is 22.1 Å². The zero-order chi connectivity index (χ0) is 23.0. The highest BCUT2D eigenvalue weighted by molar-refractivity contribution is 6.33. The van der Waals surface area contributed by atoms with Gasteiger partial charge in [-0.1, -0.05) is 72.3 Å². The van der Waals surface area contributed by atoms with Crippen LogP contribution < -0.4 is 5.32 Å². The molecule has 1 N–H and O–H groups in total. The monoisotopic (exact) mass is 461 g/mol. The van der Waals surface area contributed by atoms with Crippen molar-refractivity contribution in [2.45, 2.75) is 19.1 Å². The number of ether oxygens (including phenoxy) is 1. The van der Waals surface area contributed by atoms with Crippen LogP contribution in [0.1, 0.15) is 34.3 Å². The lowest BCUT2D eigenvalue weighted by Gasteiger charge is -2.19. The van der Waals surface area contributed by atoms with E-state index in [1.807, 2.05) is 60.7 Å². The summed E-state index contributed by atoms with van der Waals surface area (Å²) in [6, 6.07) is 24.6. The van der Waals surface area contributed by atoms with Gasteiger partial charge in [-0.3, -0.25) is 9.59 Å². The summed E-state index contributed by atoms with van der Waals surface area (Å²) in [4.78, 5) is 25.3. The summed E-state index contributed by atoms with van der Waals surface area (Å²) >= 11 is 6.14. The van der Waals surface area contributed by atoms with Crippen LogP contribution in [0.4, 0.5) is 0 Å². The van der Waals surface area contributed by atoms with Crippen molar-refractivity contribution in [1.82, 2.24) is 15.5 Å². The molecule has 1 atom stereocenters. The number of rotatable bonds is 8. The molecule has 7 nitrogen and oxygen atoms in total. The van der Waals surface area contributed by atoms with Gasteiger partial charge in [0.05, 0.1) is 23.0 Å². The third-order valence-electron chi connectivity index (χ3n) is 4.84. The Labute approximate surface area is 195 Å². The van der Waals surface area contributed by atoms with Gasteiger partial charge in [0, 0.05) is 5.56 Å². The molecule has 0 bridgehead atoms. The van der Waals surface area contributed by atoms with Crippen LogP contribution in [0.5, 0.6) is 0 Å². The summed E-state index contributed by atoms with van der Waals surface area (Å²) in [6.07, 6.45) is -0.0834. The zero-order valence-electron chi connectivity index (χ0n) is 17.5. The predicted octanol–water partition coefficient (Wildman–Crippen LogP) is 4.99. The molecule has 8 heteroatoms. The van der Waals surface area contributed by atoms with E-state index in [0.29, 0.717) is 16.5 Å². The van der Waals surface area contributed by atoms with E-state index in [0.717, 1.165) is 11.1 Å². The maximum atomic E-state index is 12.8. The second kappa shape index (κ2) is 10.6. The van der Waals surface area contributed by atoms with E-state index >= 15 is 0 Å². The minimum Gasteiger partial charge on any atom is -0.456 e. The lowest BCUT2D eigenvalue weighted by Crippen LogP contribution is -2.30. The van der Waals surface area contributed by atoms with E-state index in [2.05, 4.69) is 15.5 Å². The third kappa shape index (κ3) is 5.84. The third-order valence-corrected chi connectivity index (χ3v) is 5.17. The molecule has 1 amide bonds. The van der Waals surface area contributed by atoms with Crippen LogP contribution in [0, 0.1) is 0 Å². The largest absolute Gasteiger partial charge is 0.456 e. The number of benzene rings is 3. The molecule has 0 saturated heterocycles. The van der Waals surface area contributed by atoms with E-state index in [9.17, 15) is 9.59 Å². The molecule has 1 heterocycles. The Morgan fingerprint density at radius 2 is 1.58 bits per heavy atom. The number of amides is 1. The Balaban J connectivity index is 1.41.